The molecule has 0 spiro atoms. The van der Waals surface area contributed by atoms with Gasteiger partial charge in [-0.05, 0) is 32.3 Å². The van der Waals surface area contributed by atoms with E-state index in [1.807, 2.05) is 0 Å². The smallest absolute Gasteiger partial charge is 0.0679 e. The Morgan fingerprint density at radius 2 is 0.905 bits per heavy atom. The van der Waals surface area contributed by atoms with Gasteiger partial charge in [-0.15, -0.1) is 0 Å². The molecule has 3 heteroatoms. The van der Waals surface area contributed by atoms with E-state index in [-0.39, 0.29) is 0 Å². The lowest BCUT2D eigenvalue weighted by atomic mass is 9.95. The summed E-state index contributed by atoms with van der Waals surface area (Å²) in [5.41, 5.74) is 0. The first-order chi connectivity index (χ1) is 10.4. The van der Waals surface area contributed by atoms with E-state index in [9.17, 15) is 0 Å². The van der Waals surface area contributed by atoms with Gasteiger partial charge in [-0.1, -0.05) is 60.7 Å². The Bertz CT molecular complexity index is 843. The molecule has 5 rings (SSSR count). The third-order valence-electron chi connectivity index (χ3n) is 3.68. The summed E-state index contributed by atoms with van der Waals surface area (Å²) in [6.07, 6.45) is 3.31. The number of hydrogen-bond acceptors (Lipinski definition) is 3. The van der Waals surface area contributed by atoms with Crippen molar-refractivity contribution in [1.29, 1.82) is 0 Å². The number of nitrogens with zero attached hydrogens (tertiary/aromatic N) is 2. The molecule has 0 saturated carbocycles. The highest BCUT2D eigenvalue weighted by molar-refractivity contribution is 6.98. The summed E-state index contributed by atoms with van der Waals surface area (Å²) in [4.78, 5) is 0. The van der Waals surface area contributed by atoms with Crippen LogP contribution in [-0.2, 0) is 0 Å². The molecule has 0 unspecified atom stereocenters. The van der Waals surface area contributed by atoms with Gasteiger partial charge in [-0.2, -0.15) is 8.75 Å². The summed E-state index contributed by atoms with van der Waals surface area (Å²) < 4.78 is 7.31. The van der Waals surface area contributed by atoms with Gasteiger partial charge < -0.3 is 0 Å². The second kappa shape index (κ2) is 5.11. The van der Waals surface area contributed by atoms with Crippen molar-refractivity contribution in [2.75, 3.05) is 0 Å². The molecule has 4 aromatic carbocycles. The fourth-order valence-electron chi connectivity index (χ4n) is 2.81. The minimum atomic E-state index is 1.21. The van der Waals surface area contributed by atoms with Crippen molar-refractivity contribution < 1.29 is 0 Å². The molecule has 0 aliphatic heterocycles. The summed E-state index contributed by atoms with van der Waals surface area (Å²) >= 11 is 1.21. The van der Waals surface area contributed by atoms with Crippen molar-refractivity contribution in [2.24, 2.45) is 0 Å². The van der Waals surface area contributed by atoms with Crippen molar-refractivity contribution in [2.45, 2.75) is 0 Å². The van der Waals surface area contributed by atoms with Gasteiger partial charge in [0.15, 0.2) is 0 Å². The predicted molar refractivity (Wildman–Crippen MR) is 90.1 cm³/mol. The Kier molecular flexibility index (Phi) is 2.98. The minimum absolute atomic E-state index is 1.21. The normalized spacial score (nSPS) is 10.9. The highest BCUT2D eigenvalue weighted by atomic mass is 32.1. The zero-order valence-electron chi connectivity index (χ0n) is 11.2. The summed E-state index contributed by atoms with van der Waals surface area (Å²) in [6.45, 7) is 0. The van der Waals surface area contributed by atoms with Gasteiger partial charge in [-0.3, -0.25) is 0 Å². The third kappa shape index (κ3) is 2.12. The van der Waals surface area contributed by atoms with Crippen molar-refractivity contribution in [1.82, 2.24) is 8.75 Å². The quantitative estimate of drug-likeness (QED) is 0.369. The monoisotopic (exact) mass is 288 g/mol. The van der Waals surface area contributed by atoms with Crippen LogP contribution in [0.5, 0.6) is 0 Å². The zero-order chi connectivity index (χ0) is 14.1. The largest absolute Gasteiger partial charge is 0.182 e. The van der Waals surface area contributed by atoms with E-state index in [1.54, 1.807) is 12.4 Å². The van der Waals surface area contributed by atoms with E-state index >= 15 is 0 Å². The molecule has 2 nitrogen and oxygen atoms in total. The Balaban J connectivity index is 0.000000197. The van der Waals surface area contributed by atoms with Crippen LogP contribution in [0.15, 0.2) is 73.1 Å². The van der Waals surface area contributed by atoms with Gasteiger partial charge in [0.1, 0.15) is 0 Å². The van der Waals surface area contributed by atoms with Crippen molar-refractivity contribution in [3.8, 4) is 0 Å². The molecule has 5 aromatic rings. The molecule has 21 heavy (non-hydrogen) atoms. The molecule has 0 atom stereocenters. The molecule has 0 radical (unpaired) electrons. The molecule has 100 valence electrons. The maximum absolute atomic E-state index is 3.65. The molecule has 0 fully saturated rings. The highest BCUT2D eigenvalue weighted by Gasteiger charge is 2.05. The molecule has 1 aromatic heterocycles. The number of aromatic nitrogens is 2. The van der Waals surface area contributed by atoms with Crippen LogP contribution >= 0.6 is 11.7 Å². The lowest BCUT2D eigenvalue weighted by Gasteiger charge is -2.09. The molecule has 0 bridgehead atoms. The van der Waals surface area contributed by atoms with Gasteiger partial charge in [0, 0.05) is 0 Å². The van der Waals surface area contributed by atoms with Crippen LogP contribution < -0.4 is 0 Å². The fraction of sp³-hybridized carbons (Fsp3) is 0. The number of hydrogen-bond donors (Lipinski definition) is 0. The third-order valence-corrected chi connectivity index (χ3v) is 4.11. The molecular weight excluding hydrogens is 276 g/mol. The maximum atomic E-state index is 3.65. The first-order valence-corrected chi connectivity index (χ1v) is 7.50. The molecule has 0 saturated heterocycles. The van der Waals surface area contributed by atoms with Crippen LogP contribution in [0.4, 0.5) is 0 Å². The maximum Gasteiger partial charge on any atom is 0.0679 e. The lowest BCUT2D eigenvalue weighted by molar-refractivity contribution is 1.53. The van der Waals surface area contributed by atoms with E-state index in [0.29, 0.717) is 0 Å². The van der Waals surface area contributed by atoms with E-state index in [4.69, 9.17) is 0 Å². The number of benzene rings is 4. The van der Waals surface area contributed by atoms with E-state index < -0.39 is 0 Å². The number of rotatable bonds is 0. The first kappa shape index (κ1) is 12.2. The summed E-state index contributed by atoms with van der Waals surface area (Å²) in [5, 5.41) is 8.14. The Morgan fingerprint density at radius 1 is 0.524 bits per heavy atom. The van der Waals surface area contributed by atoms with E-state index in [1.165, 1.54) is 44.0 Å². The van der Waals surface area contributed by atoms with E-state index in [2.05, 4.69) is 69.4 Å². The summed E-state index contributed by atoms with van der Waals surface area (Å²) in [5.74, 6) is 0. The van der Waals surface area contributed by atoms with Crippen LogP contribution in [-0.4, -0.2) is 8.75 Å². The molecule has 0 aliphatic carbocycles. The molecule has 0 aliphatic rings. The fourth-order valence-corrected chi connectivity index (χ4v) is 3.08. The molecule has 1 heterocycles. The van der Waals surface area contributed by atoms with Crippen LogP contribution in [0.25, 0.3) is 32.3 Å². The van der Waals surface area contributed by atoms with Gasteiger partial charge in [0.25, 0.3) is 0 Å². The van der Waals surface area contributed by atoms with Crippen LogP contribution in [0.2, 0.25) is 0 Å². The van der Waals surface area contributed by atoms with E-state index in [0.717, 1.165) is 0 Å². The van der Waals surface area contributed by atoms with Crippen LogP contribution in [0.1, 0.15) is 0 Å². The highest BCUT2D eigenvalue weighted by Crippen LogP contribution is 2.33. The van der Waals surface area contributed by atoms with Gasteiger partial charge in [0.05, 0.1) is 24.1 Å². The van der Waals surface area contributed by atoms with Gasteiger partial charge in [0.2, 0.25) is 0 Å². The second-order valence-corrected chi connectivity index (χ2v) is 5.47. The standard InChI is InChI=1S/C16H10.C2H2N2S/c1-3-11-7-9-13-5-2-6-14-10-8-12(4-1)15(11)16(13)14;1-2-4-5-3-1/h1-10H;1-2H. The molecular formula is C18H12N2S. The SMILES string of the molecule is c1cc2ccc3cccc4ccc(c1)c2c34.c1cnsn1. The Hall–Kier alpha value is -2.52. The molecule has 0 amide bonds. The average molecular weight is 288 g/mol. The van der Waals surface area contributed by atoms with Gasteiger partial charge >= 0.3 is 0 Å². The molecule has 0 N–H and O–H groups in total. The van der Waals surface area contributed by atoms with Crippen molar-refractivity contribution >= 4 is 44.0 Å². The van der Waals surface area contributed by atoms with Crippen LogP contribution in [0, 0.1) is 0 Å². The second-order valence-electron chi connectivity index (χ2n) is 4.88. The average Bonchev–Trinajstić information content (AvgIpc) is 3.13. The minimum Gasteiger partial charge on any atom is -0.182 e. The van der Waals surface area contributed by atoms with Crippen molar-refractivity contribution in [3.63, 3.8) is 0 Å². The summed E-state index contributed by atoms with van der Waals surface area (Å²) in [7, 11) is 0. The zero-order valence-corrected chi connectivity index (χ0v) is 12.0. The first-order valence-electron chi connectivity index (χ1n) is 6.77. The lowest BCUT2D eigenvalue weighted by Crippen LogP contribution is -1.82. The topological polar surface area (TPSA) is 25.8 Å². The summed E-state index contributed by atoms with van der Waals surface area (Å²) in [6, 6.07) is 21.9. The van der Waals surface area contributed by atoms with Crippen molar-refractivity contribution in [3.05, 3.63) is 73.1 Å². The Morgan fingerprint density at radius 3 is 1.19 bits per heavy atom. The Labute approximate surface area is 126 Å². The van der Waals surface area contributed by atoms with Gasteiger partial charge in [-0.25, -0.2) is 0 Å². The predicted octanol–water partition coefficient (Wildman–Crippen LogP) is 5.12. The van der Waals surface area contributed by atoms with Crippen LogP contribution in [0.3, 0.4) is 0 Å².